The predicted molar refractivity (Wildman–Crippen MR) is 181 cm³/mol. The molecule has 0 saturated heterocycles. The van der Waals surface area contributed by atoms with Crippen molar-refractivity contribution in [3.8, 4) is 11.3 Å². The third-order valence-electron chi connectivity index (χ3n) is 9.17. The van der Waals surface area contributed by atoms with E-state index < -0.39 is 39.3 Å². The molecule has 47 heavy (non-hydrogen) atoms. The van der Waals surface area contributed by atoms with E-state index in [9.17, 15) is 17.6 Å². The SMILES string of the molecule is Cc1ccc(S(=O)(=O)n2c(-c3ccccc3)c([C@@H]3C[C@@H](c4ccccc4)[C@@](F)(C(=O)Nc4ccccc4)C3)c3ccc(F)cc32)cc1. The van der Waals surface area contributed by atoms with Crippen molar-refractivity contribution in [3.63, 3.8) is 0 Å². The number of aromatic nitrogens is 1. The second kappa shape index (κ2) is 11.9. The number of carbonyl (C=O) groups is 1. The summed E-state index contributed by atoms with van der Waals surface area (Å²) < 4.78 is 62.8. The lowest BCUT2D eigenvalue weighted by Gasteiger charge is -2.26. The van der Waals surface area contributed by atoms with E-state index >= 15 is 4.39 Å². The molecule has 3 atom stereocenters. The molecule has 0 aliphatic heterocycles. The number of nitrogens with zero attached hydrogens (tertiary/aromatic N) is 1. The van der Waals surface area contributed by atoms with Crippen LogP contribution in [0.4, 0.5) is 14.5 Å². The molecule has 0 bridgehead atoms. The van der Waals surface area contributed by atoms with E-state index in [0.717, 1.165) is 5.56 Å². The largest absolute Gasteiger partial charge is 0.323 e. The number of carbonyl (C=O) groups excluding carboxylic acids is 1. The number of hydrogen-bond donors (Lipinski definition) is 1. The molecule has 5 aromatic carbocycles. The average Bonchev–Trinajstić information content (AvgIpc) is 3.62. The first-order valence-electron chi connectivity index (χ1n) is 15.5. The van der Waals surface area contributed by atoms with Crippen LogP contribution >= 0.6 is 0 Å². The number of hydrogen-bond acceptors (Lipinski definition) is 3. The highest BCUT2D eigenvalue weighted by Crippen LogP contribution is 2.56. The van der Waals surface area contributed by atoms with Crippen LogP contribution < -0.4 is 5.32 Å². The van der Waals surface area contributed by atoms with Gasteiger partial charge in [-0.05, 0) is 84.8 Å². The van der Waals surface area contributed by atoms with Gasteiger partial charge in [-0.2, -0.15) is 0 Å². The standard InChI is InChI=1S/C39H32F2N2O3S/c1-26-17-20-32(21-18-26)47(45,46)43-35-24-30(40)19-22-33(35)36(37(43)28-13-7-3-8-14-28)29-23-34(27-11-5-2-6-12-27)39(41,25-29)38(44)42-31-15-9-4-10-16-31/h2-22,24,29,34H,23,25H2,1H3,(H,42,44)/t29-,34+,39-/m1/s1. The summed E-state index contributed by atoms with van der Waals surface area (Å²) in [5.74, 6) is -2.78. The van der Waals surface area contributed by atoms with E-state index in [1.807, 2.05) is 49.4 Å². The van der Waals surface area contributed by atoms with E-state index in [1.165, 1.54) is 28.2 Å². The maximum absolute atomic E-state index is 17.6. The second-order valence-corrected chi connectivity index (χ2v) is 13.9. The van der Waals surface area contributed by atoms with Crippen molar-refractivity contribution >= 4 is 32.5 Å². The summed E-state index contributed by atoms with van der Waals surface area (Å²) in [6.07, 6.45) is 0.0236. The van der Waals surface area contributed by atoms with Crippen LogP contribution in [-0.4, -0.2) is 24.0 Å². The number of halogens is 2. The summed E-state index contributed by atoms with van der Waals surface area (Å²) in [5, 5.41) is 3.27. The molecule has 5 nitrogen and oxygen atoms in total. The Morgan fingerprint density at radius 1 is 0.830 bits per heavy atom. The average molecular weight is 647 g/mol. The monoisotopic (exact) mass is 646 g/mol. The molecule has 0 radical (unpaired) electrons. The number of anilines is 1. The zero-order valence-electron chi connectivity index (χ0n) is 25.6. The van der Waals surface area contributed by atoms with Crippen LogP contribution in [0.3, 0.4) is 0 Å². The fraction of sp³-hybridized carbons (Fsp3) is 0.154. The number of aryl methyl sites for hydroxylation is 1. The van der Waals surface area contributed by atoms with Crippen LogP contribution in [-0.2, 0) is 14.8 Å². The summed E-state index contributed by atoms with van der Waals surface area (Å²) >= 11 is 0. The number of benzene rings is 5. The molecule has 1 saturated carbocycles. The summed E-state index contributed by atoms with van der Waals surface area (Å²) in [6.45, 7) is 1.87. The van der Waals surface area contributed by atoms with Crippen molar-refractivity contribution in [1.82, 2.24) is 3.97 Å². The Kier molecular flexibility index (Phi) is 7.76. The third kappa shape index (κ3) is 5.42. The molecule has 1 aromatic heterocycles. The Bertz CT molecular complexity index is 2190. The first kappa shape index (κ1) is 30.6. The van der Waals surface area contributed by atoms with Crippen LogP contribution in [0.2, 0.25) is 0 Å². The molecule has 1 aliphatic carbocycles. The summed E-state index contributed by atoms with van der Waals surface area (Å²) in [5.41, 5.74) is 1.33. The second-order valence-electron chi connectivity index (χ2n) is 12.2. The Morgan fingerprint density at radius 3 is 2.11 bits per heavy atom. The van der Waals surface area contributed by atoms with Crippen molar-refractivity contribution in [3.05, 3.63) is 156 Å². The fourth-order valence-corrected chi connectivity index (χ4v) is 8.52. The first-order valence-corrected chi connectivity index (χ1v) is 16.9. The van der Waals surface area contributed by atoms with Crippen LogP contribution in [0.5, 0.6) is 0 Å². The van der Waals surface area contributed by atoms with Gasteiger partial charge in [0.1, 0.15) is 5.82 Å². The number of rotatable bonds is 7. The van der Waals surface area contributed by atoms with Gasteiger partial charge in [0.2, 0.25) is 0 Å². The molecule has 1 heterocycles. The lowest BCUT2D eigenvalue weighted by molar-refractivity contribution is -0.128. The third-order valence-corrected chi connectivity index (χ3v) is 10.9. The Balaban J connectivity index is 1.46. The lowest BCUT2D eigenvalue weighted by Crippen LogP contribution is -2.41. The van der Waals surface area contributed by atoms with Crippen molar-refractivity contribution < 1.29 is 22.0 Å². The number of nitrogens with one attached hydrogen (secondary N) is 1. The van der Waals surface area contributed by atoms with Gasteiger partial charge < -0.3 is 5.32 Å². The van der Waals surface area contributed by atoms with Crippen molar-refractivity contribution in [2.75, 3.05) is 5.32 Å². The van der Waals surface area contributed by atoms with Gasteiger partial charge in [0.05, 0.1) is 16.1 Å². The Labute approximate surface area is 272 Å². The number of alkyl halides is 1. The van der Waals surface area contributed by atoms with Crippen LogP contribution in [0.15, 0.2) is 138 Å². The molecule has 0 spiro atoms. The highest BCUT2D eigenvalue weighted by molar-refractivity contribution is 7.90. The maximum atomic E-state index is 17.6. The quantitative estimate of drug-likeness (QED) is 0.188. The minimum Gasteiger partial charge on any atom is -0.323 e. The summed E-state index contributed by atoms with van der Waals surface area (Å²) in [7, 11) is -4.26. The number of fused-ring (bicyclic) bond motifs is 1. The van der Waals surface area contributed by atoms with Gasteiger partial charge in [0, 0.05) is 17.0 Å². The minimum absolute atomic E-state index is 0.0450. The smallest absolute Gasteiger partial charge is 0.268 e. The van der Waals surface area contributed by atoms with E-state index in [2.05, 4.69) is 5.32 Å². The maximum Gasteiger partial charge on any atom is 0.268 e. The molecule has 7 rings (SSSR count). The van der Waals surface area contributed by atoms with E-state index in [4.69, 9.17) is 0 Å². The highest BCUT2D eigenvalue weighted by atomic mass is 32.2. The van der Waals surface area contributed by atoms with Crippen LogP contribution in [0.1, 0.15) is 41.4 Å². The minimum atomic E-state index is -4.26. The van der Waals surface area contributed by atoms with E-state index in [1.54, 1.807) is 66.7 Å². The van der Waals surface area contributed by atoms with Crippen molar-refractivity contribution in [1.29, 1.82) is 0 Å². The van der Waals surface area contributed by atoms with Gasteiger partial charge in [0.15, 0.2) is 5.67 Å². The first-order chi connectivity index (χ1) is 22.7. The summed E-state index contributed by atoms with van der Waals surface area (Å²) in [6, 6.07) is 37.4. The fourth-order valence-electron chi connectivity index (χ4n) is 6.97. The van der Waals surface area contributed by atoms with E-state index in [0.29, 0.717) is 33.5 Å². The van der Waals surface area contributed by atoms with Crippen LogP contribution in [0, 0.1) is 12.7 Å². The number of para-hydroxylation sites is 1. The predicted octanol–water partition coefficient (Wildman–Crippen LogP) is 9.00. The molecule has 0 unspecified atom stereocenters. The zero-order valence-corrected chi connectivity index (χ0v) is 26.4. The molecule has 1 fully saturated rings. The molecule has 6 aromatic rings. The molecular weight excluding hydrogens is 615 g/mol. The van der Waals surface area contributed by atoms with Gasteiger partial charge >= 0.3 is 0 Å². The van der Waals surface area contributed by atoms with Crippen LogP contribution in [0.25, 0.3) is 22.2 Å². The van der Waals surface area contributed by atoms with E-state index in [-0.39, 0.29) is 23.3 Å². The van der Waals surface area contributed by atoms with Gasteiger partial charge in [-0.25, -0.2) is 21.2 Å². The molecule has 8 heteroatoms. The van der Waals surface area contributed by atoms with Crippen molar-refractivity contribution in [2.45, 2.75) is 42.2 Å². The van der Waals surface area contributed by atoms with Gasteiger partial charge in [-0.3, -0.25) is 4.79 Å². The van der Waals surface area contributed by atoms with Gasteiger partial charge in [0.25, 0.3) is 15.9 Å². The number of amides is 1. The zero-order chi connectivity index (χ0) is 32.8. The normalized spacial score (nSPS) is 19.6. The lowest BCUT2D eigenvalue weighted by atomic mass is 9.85. The Morgan fingerprint density at radius 2 is 1.45 bits per heavy atom. The summed E-state index contributed by atoms with van der Waals surface area (Å²) in [4.78, 5) is 13.9. The highest BCUT2D eigenvalue weighted by Gasteiger charge is 2.55. The topological polar surface area (TPSA) is 68.2 Å². The molecule has 236 valence electrons. The Hall–Kier alpha value is -5.08. The van der Waals surface area contributed by atoms with Gasteiger partial charge in [-0.15, -0.1) is 0 Å². The molecule has 1 amide bonds. The molecular formula is C39H32F2N2O3S. The molecule has 1 aliphatic rings. The van der Waals surface area contributed by atoms with Gasteiger partial charge in [-0.1, -0.05) is 96.6 Å². The van der Waals surface area contributed by atoms with Crippen molar-refractivity contribution in [2.24, 2.45) is 0 Å². The molecule has 1 N–H and O–H groups in total.